The molecule has 0 saturated carbocycles. The normalized spacial score (nSPS) is 14.1. The largest absolute Gasteiger partial charge is 0.0955 e. The summed E-state index contributed by atoms with van der Waals surface area (Å²) in [4.78, 5) is 0. The third kappa shape index (κ3) is 61.4. The molecular weight excluding hydrogens is 781 g/mol. The summed E-state index contributed by atoms with van der Waals surface area (Å²) >= 11 is 0. The van der Waals surface area contributed by atoms with Gasteiger partial charge in [0, 0.05) is 0 Å². The average molecular weight is 912 g/mol. The van der Waals surface area contributed by atoms with Gasteiger partial charge in [-0.15, -0.1) is 0 Å². The molecule has 0 aliphatic heterocycles. The highest BCUT2D eigenvalue weighted by atomic mass is 14.3. The lowest BCUT2D eigenvalue weighted by Crippen LogP contribution is -2.16. The van der Waals surface area contributed by atoms with E-state index in [9.17, 15) is 0 Å². The highest BCUT2D eigenvalue weighted by Crippen LogP contribution is 2.39. The van der Waals surface area contributed by atoms with Crippen molar-refractivity contribution in [1.82, 2.24) is 0 Å². The number of hydrogen-bond donors (Lipinski definition) is 0. The van der Waals surface area contributed by atoms with Crippen molar-refractivity contribution < 1.29 is 0 Å². The lowest BCUT2D eigenvalue weighted by Gasteiger charge is -2.31. The molecule has 1 aromatic rings. The molecule has 0 bridgehead atoms. The Labute approximate surface area is 418 Å². The van der Waals surface area contributed by atoms with Crippen molar-refractivity contribution in [2.24, 2.45) is 28.6 Å². The first kappa shape index (κ1) is 85.7. The predicted octanol–water partition coefficient (Wildman–Crippen LogP) is 24.9. The Kier molecular flexibility index (Phi) is 78.3. The van der Waals surface area contributed by atoms with Crippen LogP contribution in [0.25, 0.3) is 5.57 Å². The van der Waals surface area contributed by atoms with E-state index in [1.807, 2.05) is 118 Å². The van der Waals surface area contributed by atoms with Crippen molar-refractivity contribution in [2.45, 2.75) is 274 Å². The van der Waals surface area contributed by atoms with Crippen LogP contribution in [0.3, 0.4) is 0 Å². The van der Waals surface area contributed by atoms with Crippen molar-refractivity contribution in [3.63, 3.8) is 0 Å². The minimum atomic E-state index is 0.230. The molecule has 0 saturated heterocycles. The fourth-order valence-corrected chi connectivity index (χ4v) is 4.77. The van der Waals surface area contributed by atoms with E-state index >= 15 is 0 Å². The van der Waals surface area contributed by atoms with Gasteiger partial charge in [0.2, 0.25) is 0 Å². The lowest BCUT2D eigenvalue weighted by atomic mass is 9.75. The molecule has 0 fully saturated rings. The third-order valence-corrected chi connectivity index (χ3v) is 8.90. The minimum Gasteiger partial charge on any atom is -0.0955 e. The molecule has 0 heteroatoms. The number of allylic oxidation sites excluding steroid dienone is 12. The van der Waals surface area contributed by atoms with Crippen LogP contribution in [0.4, 0.5) is 0 Å². The van der Waals surface area contributed by atoms with E-state index in [1.165, 1.54) is 64.7 Å². The fraction of sp³-hybridized carbons (Fsp3) is 0.692. The van der Waals surface area contributed by atoms with Gasteiger partial charge < -0.3 is 0 Å². The number of rotatable bonds is 5. The van der Waals surface area contributed by atoms with Gasteiger partial charge in [-0.25, -0.2) is 0 Å². The molecule has 0 N–H and O–H groups in total. The van der Waals surface area contributed by atoms with E-state index in [-0.39, 0.29) is 5.41 Å². The molecular formula is C65H130. The van der Waals surface area contributed by atoms with Gasteiger partial charge in [0.1, 0.15) is 0 Å². The van der Waals surface area contributed by atoms with E-state index < -0.39 is 0 Å². The molecule has 390 valence electrons. The summed E-state index contributed by atoms with van der Waals surface area (Å²) in [5.74, 6) is 2.22. The smallest absolute Gasteiger partial charge is 0.0135 e. The standard InChI is InChI=1S/C14H24.C11H18.C10H12.C9H16.C5H12.8C2H6/c1-10-8-7-9-13(11(10)2)12(3)14(4,5)6;1-8(2)11-6-5-9(3)10(4)7-11;1-8(2)10-6-4-9(3)5-7-10;1-5-9(4)7-6-8(2)3;1-5(2,3)4;8*1-2/h10H,3,7-9H2,1-2,4-6H3;6-9H,5H2,1-4H3;4-7H,1H2,2-3H3;6-7H,5H2,1-4H3;1-4H3;8*1-2H3/b;;;9-7-;;;;;;;;;. The van der Waals surface area contributed by atoms with Crippen molar-refractivity contribution in [2.75, 3.05) is 0 Å². The minimum absolute atomic E-state index is 0.230. The number of hydrogen-bond acceptors (Lipinski definition) is 0. The van der Waals surface area contributed by atoms with Crippen LogP contribution < -0.4 is 0 Å². The van der Waals surface area contributed by atoms with Gasteiger partial charge in [-0.2, -0.15) is 0 Å². The van der Waals surface area contributed by atoms with Crippen molar-refractivity contribution >= 4 is 5.57 Å². The Balaban J connectivity index is -0.0000000685. The Morgan fingerprint density at radius 2 is 1.03 bits per heavy atom. The van der Waals surface area contributed by atoms with Gasteiger partial charge in [-0.1, -0.05) is 289 Å². The maximum Gasteiger partial charge on any atom is -0.0135 e. The first-order chi connectivity index (χ1) is 30.3. The first-order valence-electron chi connectivity index (χ1n) is 27.1. The third-order valence-electron chi connectivity index (χ3n) is 8.90. The second-order valence-corrected chi connectivity index (χ2v) is 17.8. The molecule has 2 aliphatic carbocycles. The fourth-order valence-electron chi connectivity index (χ4n) is 4.77. The van der Waals surface area contributed by atoms with Crippen LogP contribution in [0.15, 0.2) is 101 Å². The zero-order valence-corrected chi connectivity index (χ0v) is 52.3. The van der Waals surface area contributed by atoms with Gasteiger partial charge in [-0.3, -0.25) is 0 Å². The molecule has 0 aromatic heterocycles. The Hall–Kier alpha value is -2.60. The zero-order chi connectivity index (χ0) is 54.7. The van der Waals surface area contributed by atoms with E-state index in [1.54, 1.807) is 11.1 Å². The quantitative estimate of drug-likeness (QED) is 0.258. The van der Waals surface area contributed by atoms with Gasteiger partial charge in [0.15, 0.2) is 0 Å². The van der Waals surface area contributed by atoms with E-state index in [0.717, 1.165) is 23.8 Å². The van der Waals surface area contributed by atoms with E-state index in [0.29, 0.717) is 11.3 Å². The van der Waals surface area contributed by atoms with Gasteiger partial charge >= 0.3 is 0 Å². The van der Waals surface area contributed by atoms with Crippen LogP contribution in [-0.2, 0) is 0 Å². The van der Waals surface area contributed by atoms with Crippen LogP contribution in [0.2, 0.25) is 0 Å². The summed E-state index contributed by atoms with van der Waals surface area (Å²) in [7, 11) is 0. The van der Waals surface area contributed by atoms with Crippen molar-refractivity contribution in [3.05, 3.63) is 112 Å². The number of benzene rings is 1. The Bertz CT molecular complexity index is 1270. The summed E-state index contributed by atoms with van der Waals surface area (Å²) in [5.41, 5.74) is 14.7. The summed E-state index contributed by atoms with van der Waals surface area (Å²) < 4.78 is 0. The molecule has 2 atom stereocenters. The SMILES string of the molecule is C=C(C)c1ccc(C)cc1.C=C(C1=C(C)C(C)CCC1)C(C)(C)C.CC.CC.CC.CC.CC.CC.CC.CC.CC(C)(C)C.CC/C(C)=C\C=C(C)C.CC1=CC(C(C)C)=CCC1C. The molecule has 3 rings (SSSR count). The lowest BCUT2D eigenvalue weighted by molar-refractivity contribution is 0.469. The first-order valence-corrected chi connectivity index (χ1v) is 27.1. The number of aryl methyl sites for hydroxylation is 1. The predicted molar refractivity (Wildman–Crippen MR) is 320 cm³/mol. The van der Waals surface area contributed by atoms with E-state index in [2.05, 4.69) is 186 Å². The Morgan fingerprint density at radius 3 is 1.32 bits per heavy atom. The van der Waals surface area contributed by atoms with E-state index in [4.69, 9.17) is 0 Å². The molecule has 0 radical (unpaired) electrons. The molecule has 2 aliphatic rings. The highest BCUT2D eigenvalue weighted by Gasteiger charge is 2.24. The highest BCUT2D eigenvalue weighted by molar-refractivity contribution is 5.61. The second kappa shape index (κ2) is 59.4. The van der Waals surface area contributed by atoms with Crippen LogP contribution in [0.1, 0.15) is 279 Å². The van der Waals surface area contributed by atoms with Gasteiger partial charge in [-0.05, 0) is 131 Å². The summed E-state index contributed by atoms with van der Waals surface area (Å²) in [6.45, 7) is 82.0. The summed E-state index contributed by atoms with van der Waals surface area (Å²) in [6.07, 6.45) is 15.4. The molecule has 0 amide bonds. The van der Waals surface area contributed by atoms with Crippen molar-refractivity contribution in [3.8, 4) is 0 Å². The summed E-state index contributed by atoms with van der Waals surface area (Å²) in [6, 6.07) is 8.39. The zero-order valence-electron chi connectivity index (χ0n) is 52.3. The molecule has 0 nitrogen and oxygen atoms in total. The van der Waals surface area contributed by atoms with Crippen LogP contribution >= 0.6 is 0 Å². The molecule has 65 heavy (non-hydrogen) atoms. The van der Waals surface area contributed by atoms with Crippen molar-refractivity contribution in [1.29, 1.82) is 0 Å². The molecule has 1 aromatic carbocycles. The maximum atomic E-state index is 4.28. The second-order valence-electron chi connectivity index (χ2n) is 17.8. The molecule has 0 spiro atoms. The van der Waals surface area contributed by atoms with Crippen LogP contribution in [0.5, 0.6) is 0 Å². The molecule has 0 heterocycles. The van der Waals surface area contributed by atoms with Crippen LogP contribution in [-0.4, -0.2) is 0 Å². The molecule has 2 unspecified atom stereocenters. The summed E-state index contributed by atoms with van der Waals surface area (Å²) in [5, 5.41) is 0. The monoisotopic (exact) mass is 911 g/mol. The van der Waals surface area contributed by atoms with Gasteiger partial charge in [0.25, 0.3) is 0 Å². The van der Waals surface area contributed by atoms with Crippen LogP contribution in [0, 0.1) is 35.5 Å². The Morgan fingerprint density at radius 1 is 0.646 bits per heavy atom. The maximum absolute atomic E-state index is 4.28. The topological polar surface area (TPSA) is 0 Å². The average Bonchev–Trinajstić information content (AvgIpc) is 3.30. The van der Waals surface area contributed by atoms with Gasteiger partial charge in [0.05, 0.1) is 0 Å².